The van der Waals surface area contributed by atoms with E-state index in [1.165, 1.54) is 12.8 Å². The summed E-state index contributed by atoms with van der Waals surface area (Å²) in [6.07, 6.45) is 6.23. The molecular formula is C16H26Cl2N4O. The molecule has 1 amide bonds. The van der Waals surface area contributed by atoms with Crippen LogP contribution in [0.15, 0.2) is 18.3 Å². The summed E-state index contributed by atoms with van der Waals surface area (Å²) in [5.41, 5.74) is 6.39. The lowest BCUT2D eigenvalue weighted by molar-refractivity contribution is 0.0693. The van der Waals surface area contributed by atoms with Crippen LogP contribution in [-0.2, 0) is 0 Å². The van der Waals surface area contributed by atoms with Crippen LogP contribution < -0.4 is 10.6 Å². The lowest BCUT2D eigenvalue weighted by atomic mass is 9.97. The van der Waals surface area contributed by atoms with Gasteiger partial charge in [0.15, 0.2) is 0 Å². The number of halogens is 2. The van der Waals surface area contributed by atoms with Crippen molar-refractivity contribution in [2.75, 3.05) is 37.6 Å². The Hall–Kier alpha value is -1.04. The number of carbonyl (C=O) groups excluding carboxylic acids is 1. The van der Waals surface area contributed by atoms with E-state index in [0.29, 0.717) is 11.5 Å². The molecule has 2 aliphatic heterocycles. The zero-order valence-electron chi connectivity index (χ0n) is 13.3. The highest BCUT2D eigenvalue weighted by Gasteiger charge is 2.23. The molecule has 5 nitrogen and oxygen atoms in total. The van der Waals surface area contributed by atoms with Crippen molar-refractivity contribution in [2.45, 2.75) is 25.7 Å². The molecule has 0 radical (unpaired) electrons. The molecular weight excluding hydrogens is 335 g/mol. The molecule has 2 N–H and O–H groups in total. The number of anilines is 1. The van der Waals surface area contributed by atoms with E-state index in [1.807, 2.05) is 17.0 Å². The highest BCUT2D eigenvalue weighted by Crippen LogP contribution is 2.20. The molecule has 1 aromatic rings. The molecule has 130 valence electrons. The number of pyridine rings is 1. The Balaban J connectivity index is 0.00000132. The Morgan fingerprint density at radius 2 is 1.78 bits per heavy atom. The van der Waals surface area contributed by atoms with Gasteiger partial charge in [0.2, 0.25) is 0 Å². The largest absolute Gasteiger partial charge is 0.357 e. The molecule has 0 aromatic carbocycles. The van der Waals surface area contributed by atoms with Gasteiger partial charge >= 0.3 is 0 Å². The first-order valence-corrected chi connectivity index (χ1v) is 7.98. The van der Waals surface area contributed by atoms with E-state index in [0.717, 1.165) is 51.4 Å². The summed E-state index contributed by atoms with van der Waals surface area (Å²) in [6, 6.07) is 3.89. The molecule has 0 saturated carbocycles. The van der Waals surface area contributed by atoms with Crippen molar-refractivity contribution in [3.8, 4) is 0 Å². The van der Waals surface area contributed by atoms with E-state index in [9.17, 15) is 4.79 Å². The molecule has 3 heterocycles. The van der Waals surface area contributed by atoms with Crippen LogP contribution in [-0.4, -0.2) is 48.5 Å². The van der Waals surface area contributed by atoms with Crippen LogP contribution in [0, 0.1) is 5.92 Å². The first kappa shape index (κ1) is 20.0. The molecule has 0 unspecified atom stereocenters. The van der Waals surface area contributed by atoms with Crippen LogP contribution in [0.3, 0.4) is 0 Å². The standard InChI is InChI=1S/C16H24N4O.2ClH/c17-11-13-5-9-20(10-6-13)16(21)14-3-4-15(18-12-14)19-7-1-2-8-19;;/h3-4,12-13H,1-2,5-11,17H2;2*1H. The smallest absolute Gasteiger partial charge is 0.255 e. The third kappa shape index (κ3) is 4.72. The number of rotatable bonds is 3. The van der Waals surface area contributed by atoms with Crippen LogP contribution >= 0.6 is 24.8 Å². The molecule has 0 bridgehead atoms. The Bertz CT molecular complexity index is 483. The van der Waals surface area contributed by atoms with Gasteiger partial charge in [0, 0.05) is 32.4 Å². The van der Waals surface area contributed by atoms with Crippen molar-refractivity contribution >= 4 is 36.5 Å². The summed E-state index contributed by atoms with van der Waals surface area (Å²) in [6.45, 7) is 4.51. The average Bonchev–Trinajstić information content (AvgIpc) is 3.09. The average molecular weight is 361 g/mol. The van der Waals surface area contributed by atoms with E-state index < -0.39 is 0 Å². The van der Waals surface area contributed by atoms with E-state index in [1.54, 1.807) is 6.20 Å². The van der Waals surface area contributed by atoms with Gasteiger partial charge in [-0.1, -0.05) is 0 Å². The second kappa shape index (κ2) is 9.30. The fourth-order valence-electron chi connectivity index (χ4n) is 3.20. The normalized spacial score (nSPS) is 18.3. The number of hydrogen-bond acceptors (Lipinski definition) is 4. The minimum absolute atomic E-state index is 0. The summed E-state index contributed by atoms with van der Waals surface area (Å²) in [5.74, 6) is 1.67. The van der Waals surface area contributed by atoms with Gasteiger partial charge in [-0.05, 0) is 50.3 Å². The number of aromatic nitrogens is 1. The van der Waals surface area contributed by atoms with Crippen LogP contribution in [0.2, 0.25) is 0 Å². The Labute approximate surface area is 150 Å². The number of carbonyl (C=O) groups is 1. The van der Waals surface area contributed by atoms with E-state index in [-0.39, 0.29) is 30.7 Å². The van der Waals surface area contributed by atoms with Crippen LogP contribution in [0.1, 0.15) is 36.0 Å². The maximum absolute atomic E-state index is 12.5. The lowest BCUT2D eigenvalue weighted by Gasteiger charge is -2.31. The van der Waals surface area contributed by atoms with Gasteiger partial charge in [-0.25, -0.2) is 4.98 Å². The van der Waals surface area contributed by atoms with Gasteiger partial charge in [0.25, 0.3) is 5.91 Å². The van der Waals surface area contributed by atoms with E-state index >= 15 is 0 Å². The third-order valence-electron chi connectivity index (χ3n) is 4.66. The number of piperidine rings is 1. The highest BCUT2D eigenvalue weighted by atomic mass is 35.5. The molecule has 23 heavy (non-hydrogen) atoms. The zero-order chi connectivity index (χ0) is 14.7. The summed E-state index contributed by atoms with van der Waals surface area (Å²) in [4.78, 5) is 21.1. The minimum atomic E-state index is 0. The monoisotopic (exact) mass is 360 g/mol. The molecule has 0 aliphatic carbocycles. The fraction of sp³-hybridized carbons (Fsp3) is 0.625. The molecule has 0 spiro atoms. The van der Waals surface area contributed by atoms with Gasteiger partial charge in [0.1, 0.15) is 5.82 Å². The summed E-state index contributed by atoms with van der Waals surface area (Å²) in [7, 11) is 0. The number of hydrogen-bond donors (Lipinski definition) is 1. The van der Waals surface area contributed by atoms with Crippen LogP contribution in [0.4, 0.5) is 5.82 Å². The Morgan fingerprint density at radius 1 is 1.13 bits per heavy atom. The first-order chi connectivity index (χ1) is 10.3. The fourth-order valence-corrected chi connectivity index (χ4v) is 3.20. The van der Waals surface area contributed by atoms with Crippen molar-refractivity contribution in [1.29, 1.82) is 0 Å². The summed E-state index contributed by atoms with van der Waals surface area (Å²) >= 11 is 0. The Kier molecular flexibility index (Phi) is 8.09. The number of nitrogens with two attached hydrogens (primary N) is 1. The number of likely N-dealkylation sites (tertiary alicyclic amines) is 1. The number of nitrogens with zero attached hydrogens (tertiary/aromatic N) is 3. The second-order valence-electron chi connectivity index (χ2n) is 6.07. The topological polar surface area (TPSA) is 62.5 Å². The highest BCUT2D eigenvalue weighted by molar-refractivity contribution is 5.94. The molecule has 2 saturated heterocycles. The SMILES string of the molecule is Cl.Cl.NCC1CCN(C(=O)c2ccc(N3CCCC3)nc2)CC1. The molecule has 0 atom stereocenters. The summed E-state index contributed by atoms with van der Waals surface area (Å²) in [5, 5.41) is 0. The first-order valence-electron chi connectivity index (χ1n) is 7.98. The second-order valence-corrected chi connectivity index (χ2v) is 6.07. The van der Waals surface area contributed by atoms with Crippen molar-refractivity contribution in [1.82, 2.24) is 9.88 Å². The molecule has 3 rings (SSSR count). The van der Waals surface area contributed by atoms with Crippen molar-refractivity contribution in [2.24, 2.45) is 11.7 Å². The van der Waals surface area contributed by atoms with Crippen molar-refractivity contribution in [3.63, 3.8) is 0 Å². The molecule has 7 heteroatoms. The van der Waals surface area contributed by atoms with Crippen LogP contribution in [0.5, 0.6) is 0 Å². The number of amides is 1. The van der Waals surface area contributed by atoms with Gasteiger partial charge in [-0.3, -0.25) is 4.79 Å². The van der Waals surface area contributed by atoms with E-state index in [2.05, 4.69) is 9.88 Å². The lowest BCUT2D eigenvalue weighted by Crippen LogP contribution is -2.40. The molecule has 2 fully saturated rings. The third-order valence-corrected chi connectivity index (χ3v) is 4.66. The maximum atomic E-state index is 12.5. The van der Waals surface area contributed by atoms with Gasteiger partial charge < -0.3 is 15.5 Å². The predicted molar refractivity (Wildman–Crippen MR) is 97.9 cm³/mol. The molecule has 2 aliphatic rings. The van der Waals surface area contributed by atoms with Crippen molar-refractivity contribution < 1.29 is 4.79 Å². The maximum Gasteiger partial charge on any atom is 0.255 e. The van der Waals surface area contributed by atoms with Crippen molar-refractivity contribution in [3.05, 3.63) is 23.9 Å². The van der Waals surface area contributed by atoms with Gasteiger partial charge in [0.05, 0.1) is 5.56 Å². The molecule has 1 aromatic heterocycles. The minimum Gasteiger partial charge on any atom is -0.357 e. The Morgan fingerprint density at radius 3 is 2.30 bits per heavy atom. The van der Waals surface area contributed by atoms with E-state index in [4.69, 9.17) is 5.73 Å². The van der Waals surface area contributed by atoms with Gasteiger partial charge in [-0.15, -0.1) is 24.8 Å². The zero-order valence-corrected chi connectivity index (χ0v) is 15.0. The quantitative estimate of drug-likeness (QED) is 0.898. The van der Waals surface area contributed by atoms with Gasteiger partial charge in [-0.2, -0.15) is 0 Å². The summed E-state index contributed by atoms with van der Waals surface area (Å²) < 4.78 is 0. The van der Waals surface area contributed by atoms with Crippen LogP contribution in [0.25, 0.3) is 0 Å². The predicted octanol–water partition coefficient (Wildman–Crippen LogP) is 2.34.